The fourth-order valence-electron chi connectivity index (χ4n) is 6.14. The van der Waals surface area contributed by atoms with E-state index in [1.165, 1.54) is 11.9 Å². The van der Waals surface area contributed by atoms with Gasteiger partial charge in [0.1, 0.15) is 12.1 Å². The van der Waals surface area contributed by atoms with Crippen molar-refractivity contribution in [3.8, 4) is 0 Å². The SMILES string of the molecule is CC.CCl.CNC(=O)CCC(C=O)N1C(=O)C2(CC2)c2c(C3CN(C4CN(c5ccc(N)nc5)C4)C3)cccc21. The van der Waals surface area contributed by atoms with E-state index < -0.39 is 11.5 Å². The number of aldehydes is 1. The summed E-state index contributed by atoms with van der Waals surface area (Å²) >= 11 is 4.64. The van der Waals surface area contributed by atoms with Crippen LogP contribution in [0.5, 0.6) is 0 Å². The Morgan fingerprint density at radius 1 is 1.18 bits per heavy atom. The molecule has 40 heavy (non-hydrogen) atoms. The van der Waals surface area contributed by atoms with Crippen LogP contribution in [0.3, 0.4) is 0 Å². The number of rotatable bonds is 8. The zero-order valence-corrected chi connectivity index (χ0v) is 24.7. The van der Waals surface area contributed by atoms with Crippen LogP contribution in [0, 0.1) is 0 Å². The summed E-state index contributed by atoms with van der Waals surface area (Å²) in [5.41, 5.74) is 9.59. The normalized spacial score (nSPS) is 19.8. The third kappa shape index (κ3) is 5.29. The maximum Gasteiger partial charge on any atom is 0.238 e. The van der Waals surface area contributed by atoms with Crippen LogP contribution in [0.2, 0.25) is 0 Å². The molecule has 1 atom stereocenters. The molecule has 216 valence electrons. The van der Waals surface area contributed by atoms with Crippen molar-refractivity contribution in [3.63, 3.8) is 0 Å². The van der Waals surface area contributed by atoms with Crippen LogP contribution in [0.4, 0.5) is 17.2 Å². The molecule has 1 aromatic heterocycles. The van der Waals surface area contributed by atoms with Crippen LogP contribution in [-0.2, 0) is 19.8 Å². The first-order valence-electron chi connectivity index (χ1n) is 14.2. The van der Waals surface area contributed by atoms with Gasteiger partial charge < -0.3 is 25.6 Å². The van der Waals surface area contributed by atoms with Gasteiger partial charge in [-0.1, -0.05) is 26.0 Å². The van der Waals surface area contributed by atoms with Crippen LogP contribution in [0.15, 0.2) is 36.5 Å². The van der Waals surface area contributed by atoms with E-state index >= 15 is 0 Å². The van der Waals surface area contributed by atoms with E-state index in [4.69, 9.17) is 5.73 Å². The van der Waals surface area contributed by atoms with Crippen molar-refractivity contribution in [2.24, 2.45) is 0 Å². The number of carbonyl (C=O) groups is 3. The average molecular weight is 569 g/mol. The molecule has 0 radical (unpaired) electrons. The highest BCUT2D eigenvalue weighted by molar-refractivity contribution is 6.15. The first kappa shape index (κ1) is 29.8. The first-order chi connectivity index (χ1) is 19.4. The number of benzene rings is 1. The number of amides is 2. The molecule has 6 rings (SSSR count). The van der Waals surface area contributed by atoms with Gasteiger partial charge in [0, 0.05) is 63.7 Å². The van der Waals surface area contributed by atoms with E-state index in [1.807, 2.05) is 44.3 Å². The first-order valence-corrected chi connectivity index (χ1v) is 14.9. The molecular formula is C30H41ClN6O3. The number of anilines is 3. The number of halogens is 1. The highest BCUT2D eigenvalue weighted by atomic mass is 35.5. The Hall–Kier alpha value is -3.17. The lowest BCUT2D eigenvalue weighted by atomic mass is 9.81. The molecule has 3 fully saturated rings. The van der Waals surface area contributed by atoms with Gasteiger partial charge in [-0.25, -0.2) is 4.98 Å². The summed E-state index contributed by atoms with van der Waals surface area (Å²) < 4.78 is 0. The summed E-state index contributed by atoms with van der Waals surface area (Å²) in [5.74, 6) is 0.827. The van der Waals surface area contributed by atoms with Gasteiger partial charge in [-0.3, -0.25) is 14.5 Å². The van der Waals surface area contributed by atoms with Gasteiger partial charge in [0.2, 0.25) is 11.8 Å². The number of nitrogens with two attached hydrogens (primary N) is 1. The molecule has 1 aromatic carbocycles. The van der Waals surface area contributed by atoms with Crippen molar-refractivity contribution in [1.82, 2.24) is 15.2 Å². The van der Waals surface area contributed by atoms with Crippen LogP contribution in [-0.4, -0.2) is 79.7 Å². The van der Waals surface area contributed by atoms with E-state index in [1.54, 1.807) is 11.9 Å². The van der Waals surface area contributed by atoms with Gasteiger partial charge in [-0.15, -0.1) is 11.6 Å². The number of pyridine rings is 1. The molecule has 4 aliphatic rings. The van der Waals surface area contributed by atoms with Crippen LogP contribution in [0.1, 0.15) is 56.6 Å². The van der Waals surface area contributed by atoms with E-state index in [0.29, 0.717) is 24.2 Å². The molecule has 1 spiro atoms. The fourth-order valence-corrected chi connectivity index (χ4v) is 6.14. The number of likely N-dealkylation sites (tertiary alicyclic amines) is 1. The molecule has 2 saturated heterocycles. The Balaban J connectivity index is 0.000000886. The Kier molecular flexibility index (Phi) is 9.36. The monoisotopic (exact) mass is 568 g/mol. The molecule has 10 heteroatoms. The largest absolute Gasteiger partial charge is 0.384 e. The zero-order valence-electron chi connectivity index (χ0n) is 23.9. The second-order valence-corrected chi connectivity index (χ2v) is 10.6. The second-order valence-electron chi connectivity index (χ2n) is 10.6. The van der Waals surface area contributed by atoms with Gasteiger partial charge in [0.15, 0.2) is 0 Å². The smallest absolute Gasteiger partial charge is 0.238 e. The quantitative estimate of drug-likeness (QED) is 0.371. The number of carbonyl (C=O) groups excluding carboxylic acids is 3. The van der Waals surface area contributed by atoms with Crippen LogP contribution >= 0.6 is 11.6 Å². The predicted molar refractivity (Wildman–Crippen MR) is 160 cm³/mol. The minimum Gasteiger partial charge on any atom is -0.384 e. The second kappa shape index (κ2) is 12.6. The van der Waals surface area contributed by atoms with Gasteiger partial charge in [-0.05, 0) is 48.6 Å². The van der Waals surface area contributed by atoms with E-state index in [-0.39, 0.29) is 18.2 Å². The third-order valence-corrected chi connectivity index (χ3v) is 8.49. The Morgan fingerprint density at radius 3 is 2.45 bits per heavy atom. The Morgan fingerprint density at radius 2 is 1.88 bits per heavy atom. The number of hydrogen-bond donors (Lipinski definition) is 2. The molecule has 2 amide bonds. The predicted octanol–water partition coefficient (Wildman–Crippen LogP) is 3.30. The standard InChI is InChI=1S/C27H32N6O3.C2H6.CH3Cl/c1-29-24(35)8-6-19(16-34)33-22-4-2-3-21(25(22)27(9-10-27)26(33)36)17-12-31(13-17)20-14-32(15-20)18-5-7-23(28)30-11-18;2*1-2/h2-5,7,11,16-17,19-20H,6,8-10,12-15H2,1H3,(H2,28,30)(H,29,35);1-2H3;1H3. The molecule has 0 bridgehead atoms. The van der Waals surface area contributed by atoms with Gasteiger partial charge in [0.05, 0.1) is 23.3 Å². The van der Waals surface area contributed by atoms with Crippen molar-refractivity contribution in [2.75, 3.05) is 55.1 Å². The van der Waals surface area contributed by atoms with Gasteiger partial charge in [0.25, 0.3) is 0 Å². The maximum atomic E-state index is 13.6. The Labute approximate surface area is 242 Å². The lowest BCUT2D eigenvalue weighted by Gasteiger charge is -2.53. The number of nitrogen functional groups attached to an aromatic ring is 1. The topological polar surface area (TPSA) is 112 Å². The van der Waals surface area contributed by atoms with Crippen molar-refractivity contribution < 1.29 is 14.4 Å². The van der Waals surface area contributed by atoms with Crippen molar-refractivity contribution in [2.45, 2.75) is 62.9 Å². The van der Waals surface area contributed by atoms with Crippen molar-refractivity contribution in [1.29, 1.82) is 0 Å². The molecule has 4 heterocycles. The molecular weight excluding hydrogens is 528 g/mol. The highest BCUT2D eigenvalue weighted by Gasteiger charge is 2.61. The molecule has 1 aliphatic carbocycles. The number of alkyl halides is 1. The lowest BCUT2D eigenvalue weighted by molar-refractivity contribution is -0.123. The lowest BCUT2D eigenvalue weighted by Crippen LogP contribution is -2.64. The minimum atomic E-state index is -0.620. The van der Waals surface area contributed by atoms with E-state index in [0.717, 1.165) is 62.2 Å². The van der Waals surface area contributed by atoms with Crippen molar-refractivity contribution >= 4 is 46.9 Å². The number of aromatic nitrogens is 1. The summed E-state index contributed by atoms with van der Waals surface area (Å²) in [4.78, 5) is 48.1. The van der Waals surface area contributed by atoms with Gasteiger partial charge >= 0.3 is 0 Å². The maximum absolute atomic E-state index is 13.6. The van der Waals surface area contributed by atoms with E-state index in [2.05, 4.69) is 37.8 Å². The number of nitrogens with zero attached hydrogens (tertiary/aromatic N) is 4. The highest BCUT2D eigenvalue weighted by Crippen LogP contribution is 2.60. The van der Waals surface area contributed by atoms with Crippen LogP contribution < -0.4 is 20.9 Å². The third-order valence-electron chi connectivity index (χ3n) is 8.49. The summed E-state index contributed by atoms with van der Waals surface area (Å²) in [6.07, 6.45) is 6.33. The minimum absolute atomic E-state index is 0.0295. The van der Waals surface area contributed by atoms with E-state index in [9.17, 15) is 14.4 Å². The molecule has 3 N–H and O–H groups in total. The zero-order chi connectivity index (χ0) is 29.0. The summed E-state index contributed by atoms with van der Waals surface area (Å²) in [6, 6.07) is 9.91. The fraction of sp³-hybridized carbons (Fsp3) is 0.533. The number of fused-ring (bicyclic) bond motifs is 2. The molecule has 2 aromatic rings. The summed E-state index contributed by atoms with van der Waals surface area (Å²) in [7, 11) is 1.58. The van der Waals surface area contributed by atoms with Crippen molar-refractivity contribution in [3.05, 3.63) is 47.7 Å². The summed E-state index contributed by atoms with van der Waals surface area (Å²) in [6.45, 7) is 7.92. The number of nitrogens with one attached hydrogen (secondary N) is 1. The molecule has 3 aliphatic heterocycles. The van der Waals surface area contributed by atoms with Crippen LogP contribution in [0.25, 0.3) is 0 Å². The Bertz CT molecular complexity index is 1210. The average Bonchev–Trinajstić information content (AvgIpc) is 3.71. The molecule has 1 saturated carbocycles. The molecule has 1 unspecified atom stereocenters. The van der Waals surface area contributed by atoms with Gasteiger partial charge in [-0.2, -0.15) is 0 Å². The number of hydrogen-bond acceptors (Lipinski definition) is 7. The molecule has 9 nitrogen and oxygen atoms in total. The summed E-state index contributed by atoms with van der Waals surface area (Å²) in [5, 5.41) is 2.60.